The van der Waals surface area contributed by atoms with Crippen LogP contribution in [0.1, 0.15) is 25.8 Å². The van der Waals surface area contributed by atoms with E-state index in [9.17, 15) is 8.42 Å². The molecule has 6 heteroatoms. The van der Waals surface area contributed by atoms with Crippen molar-refractivity contribution in [2.45, 2.75) is 32.2 Å². The van der Waals surface area contributed by atoms with Gasteiger partial charge in [-0.3, -0.25) is 4.98 Å². The van der Waals surface area contributed by atoms with Crippen molar-refractivity contribution in [1.82, 2.24) is 9.71 Å². The fourth-order valence-corrected chi connectivity index (χ4v) is 2.85. The number of nitriles is 1. The molecule has 1 rings (SSSR count). The van der Waals surface area contributed by atoms with E-state index in [2.05, 4.69) is 9.71 Å². The van der Waals surface area contributed by atoms with Crippen molar-refractivity contribution in [3.8, 4) is 6.07 Å². The Bertz CT molecular complexity index is 522. The van der Waals surface area contributed by atoms with Crippen molar-refractivity contribution in [1.29, 1.82) is 5.26 Å². The number of nitrogens with one attached hydrogen (secondary N) is 1. The van der Waals surface area contributed by atoms with Crippen LogP contribution in [0.3, 0.4) is 0 Å². The van der Waals surface area contributed by atoms with E-state index in [-0.39, 0.29) is 5.75 Å². The maximum Gasteiger partial charge on any atom is 0.213 e. The number of aryl methyl sites for hydroxylation is 1. The first-order valence-electron chi connectivity index (χ1n) is 5.72. The van der Waals surface area contributed by atoms with Gasteiger partial charge in [0.05, 0.1) is 11.8 Å². The molecule has 1 atom stereocenters. The van der Waals surface area contributed by atoms with Gasteiger partial charge in [0.15, 0.2) is 0 Å². The zero-order valence-corrected chi connectivity index (χ0v) is 11.4. The number of sulfonamides is 1. The molecule has 1 aromatic heterocycles. The minimum atomic E-state index is -3.45. The third-order valence-electron chi connectivity index (χ3n) is 2.74. The highest BCUT2D eigenvalue weighted by Gasteiger charge is 2.27. The van der Waals surface area contributed by atoms with E-state index in [0.717, 1.165) is 5.56 Å². The average molecular weight is 267 g/mol. The molecule has 1 heterocycles. The fraction of sp³-hybridized carbons (Fsp3) is 0.500. The lowest BCUT2D eigenvalue weighted by atomic mass is 10.0. The zero-order valence-electron chi connectivity index (χ0n) is 10.5. The summed E-state index contributed by atoms with van der Waals surface area (Å²) in [5.74, 6) is -0.0334. The van der Waals surface area contributed by atoms with E-state index in [4.69, 9.17) is 5.26 Å². The van der Waals surface area contributed by atoms with E-state index in [1.54, 1.807) is 38.4 Å². The SMILES string of the molecule is CCC(C)(C#N)NS(=O)(=O)CCc1ccncc1. The normalized spacial score (nSPS) is 14.7. The first-order chi connectivity index (χ1) is 8.41. The molecule has 0 amide bonds. The molecule has 0 aliphatic carbocycles. The van der Waals surface area contributed by atoms with Crippen molar-refractivity contribution in [3.05, 3.63) is 30.1 Å². The summed E-state index contributed by atoms with van der Waals surface area (Å²) in [7, 11) is -3.45. The highest BCUT2D eigenvalue weighted by Crippen LogP contribution is 2.10. The summed E-state index contributed by atoms with van der Waals surface area (Å²) in [5.41, 5.74) is -0.123. The second kappa shape index (κ2) is 5.94. The Hall–Kier alpha value is -1.45. The third-order valence-corrected chi connectivity index (χ3v) is 4.25. The number of hydrogen-bond acceptors (Lipinski definition) is 4. The monoisotopic (exact) mass is 267 g/mol. The topological polar surface area (TPSA) is 82.9 Å². The van der Waals surface area contributed by atoms with Gasteiger partial charge in [-0.1, -0.05) is 6.92 Å². The van der Waals surface area contributed by atoms with Gasteiger partial charge in [-0.05, 0) is 37.5 Å². The molecule has 18 heavy (non-hydrogen) atoms. The lowest BCUT2D eigenvalue weighted by Gasteiger charge is -2.20. The third kappa shape index (κ3) is 4.43. The predicted octanol–water partition coefficient (Wildman–Crippen LogP) is 1.24. The first-order valence-corrected chi connectivity index (χ1v) is 7.38. The van der Waals surface area contributed by atoms with Crippen molar-refractivity contribution in [2.24, 2.45) is 0 Å². The summed E-state index contributed by atoms with van der Waals surface area (Å²) < 4.78 is 26.2. The Labute approximate surface area is 108 Å². The molecule has 0 saturated carbocycles. The molecule has 98 valence electrons. The van der Waals surface area contributed by atoms with Crippen LogP contribution in [-0.2, 0) is 16.4 Å². The van der Waals surface area contributed by atoms with Crippen LogP contribution in [0, 0.1) is 11.3 Å². The summed E-state index contributed by atoms with van der Waals surface area (Å²) in [6.45, 7) is 3.35. The molecule has 1 N–H and O–H groups in total. The van der Waals surface area contributed by atoms with Crippen LogP contribution in [0.4, 0.5) is 0 Å². The minimum absolute atomic E-state index is 0.0334. The molecule has 0 saturated heterocycles. The second-order valence-corrected chi connectivity index (χ2v) is 6.17. The molecule has 0 aliphatic heterocycles. The average Bonchev–Trinajstić information content (AvgIpc) is 2.37. The summed E-state index contributed by atoms with van der Waals surface area (Å²) in [4.78, 5) is 3.87. The molecular weight excluding hydrogens is 250 g/mol. The summed E-state index contributed by atoms with van der Waals surface area (Å²) in [5, 5.41) is 8.95. The number of rotatable bonds is 6. The van der Waals surface area contributed by atoms with Gasteiger partial charge >= 0.3 is 0 Å². The van der Waals surface area contributed by atoms with Crippen LogP contribution >= 0.6 is 0 Å². The van der Waals surface area contributed by atoms with Crippen molar-refractivity contribution < 1.29 is 8.42 Å². The van der Waals surface area contributed by atoms with Crippen LogP contribution in [0.25, 0.3) is 0 Å². The van der Waals surface area contributed by atoms with E-state index in [1.807, 2.05) is 6.07 Å². The lowest BCUT2D eigenvalue weighted by molar-refractivity contribution is 0.495. The molecule has 0 aromatic carbocycles. The smallest absolute Gasteiger partial charge is 0.213 e. The van der Waals surface area contributed by atoms with Crippen LogP contribution < -0.4 is 4.72 Å². The Morgan fingerprint density at radius 1 is 1.44 bits per heavy atom. The largest absolute Gasteiger partial charge is 0.265 e. The molecule has 0 fully saturated rings. The molecular formula is C12H17N3O2S. The standard InChI is InChI=1S/C12H17N3O2S/c1-3-12(2,10-13)15-18(16,17)9-6-11-4-7-14-8-5-11/h4-5,7-8,15H,3,6,9H2,1-2H3. The zero-order chi connectivity index (χ0) is 13.6. The highest BCUT2D eigenvalue weighted by atomic mass is 32.2. The summed E-state index contributed by atoms with van der Waals surface area (Å²) in [6.07, 6.45) is 4.09. The van der Waals surface area contributed by atoms with Crippen molar-refractivity contribution in [2.75, 3.05) is 5.75 Å². The van der Waals surface area contributed by atoms with Gasteiger partial charge in [-0.15, -0.1) is 0 Å². The number of nitrogens with zero attached hydrogens (tertiary/aromatic N) is 2. The Morgan fingerprint density at radius 2 is 2.06 bits per heavy atom. The van der Waals surface area contributed by atoms with Gasteiger partial charge in [0.25, 0.3) is 0 Å². The van der Waals surface area contributed by atoms with Crippen molar-refractivity contribution in [3.63, 3.8) is 0 Å². The van der Waals surface area contributed by atoms with Gasteiger partial charge in [0.2, 0.25) is 10.0 Å². The molecule has 0 bridgehead atoms. The predicted molar refractivity (Wildman–Crippen MR) is 69.2 cm³/mol. The van der Waals surface area contributed by atoms with Crippen LogP contribution in [-0.4, -0.2) is 24.7 Å². The maximum atomic E-state index is 11.9. The van der Waals surface area contributed by atoms with E-state index < -0.39 is 15.6 Å². The highest BCUT2D eigenvalue weighted by molar-refractivity contribution is 7.89. The summed E-state index contributed by atoms with van der Waals surface area (Å²) >= 11 is 0. The Morgan fingerprint density at radius 3 is 2.56 bits per heavy atom. The number of pyridine rings is 1. The van der Waals surface area contributed by atoms with E-state index in [1.165, 1.54) is 0 Å². The van der Waals surface area contributed by atoms with Gasteiger partial charge in [-0.25, -0.2) is 8.42 Å². The number of hydrogen-bond donors (Lipinski definition) is 1. The van der Waals surface area contributed by atoms with Crippen LogP contribution in [0.2, 0.25) is 0 Å². The lowest BCUT2D eigenvalue weighted by Crippen LogP contribution is -2.45. The Balaban J connectivity index is 2.64. The molecule has 0 radical (unpaired) electrons. The molecule has 1 unspecified atom stereocenters. The molecule has 0 aliphatic rings. The Kier molecular flexibility index (Phi) is 4.82. The number of aromatic nitrogens is 1. The van der Waals surface area contributed by atoms with Gasteiger partial charge in [0, 0.05) is 12.4 Å². The molecule has 0 spiro atoms. The first kappa shape index (κ1) is 14.6. The van der Waals surface area contributed by atoms with Gasteiger partial charge in [-0.2, -0.15) is 9.98 Å². The van der Waals surface area contributed by atoms with E-state index in [0.29, 0.717) is 12.8 Å². The van der Waals surface area contributed by atoms with Gasteiger partial charge < -0.3 is 0 Å². The van der Waals surface area contributed by atoms with Crippen molar-refractivity contribution >= 4 is 10.0 Å². The molecule has 5 nitrogen and oxygen atoms in total. The van der Waals surface area contributed by atoms with Crippen LogP contribution in [0.5, 0.6) is 0 Å². The minimum Gasteiger partial charge on any atom is -0.265 e. The van der Waals surface area contributed by atoms with Gasteiger partial charge in [0.1, 0.15) is 5.54 Å². The fourth-order valence-electron chi connectivity index (χ4n) is 1.37. The molecule has 1 aromatic rings. The summed E-state index contributed by atoms with van der Waals surface area (Å²) in [6, 6.07) is 5.54. The van der Waals surface area contributed by atoms with Crippen LogP contribution in [0.15, 0.2) is 24.5 Å². The second-order valence-electron chi connectivity index (χ2n) is 4.32. The van der Waals surface area contributed by atoms with E-state index >= 15 is 0 Å². The quantitative estimate of drug-likeness (QED) is 0.840. The maximum absolute atomic E-state index is 11.9.